The zero-order valence-corrected chi connectivity index (χ0v) is 9.63. The Labute approximate surface area is 99.6 Å². The number of carbonyl (C=O) groups is 1. The second-order valence-electron chi connectivity index (χ2n) is 3.78. The van der Waals surface area contributed by atoms with E-state index in [0.717, 1.165) is 17.5 Å². The molecule has 0 spiro atoms. The number of benzene rings is 1. The highest BCUT2D eigenvalue weighted by Crippen LogP contribution is 2.21. The molecule has 0 aliphatic carbocycles. The van der Waals surface area contributed by atoms with E-state index in [1.807, 2.05) is 31.2 Å². The summed E-state index contributed by atoms with van der Waals surface area (Å²) < 4.78 is 1.67. The lowest BCUT2D eigenvalue weighted by atomic mass is 10.1. The lowest BCUT2D eigenvalue weighted by molar-refractivity contribution is 0.111. The Hall–Kier alpha value is -2.23. The molecular formula is C13H13N3O. The smallest absolute Gasteiger partial charge is 0.172 e. The molecule has 1 heterocycles. The molecule has 4 nitrogen and oxygen atoms in total. The summed E-state index contributed by atoms with van der Waals surface area (Å²) in [6, 6.07) is 7.91. The van der Waals surface area contributed by atoms with Gasteiger partial charge in [0.1, 0.15) is 0 Å². The predicted octanol–water partition coefficient (Wildman–Crippen LogP) is 2.25. The van der Waals surface area contributed by atoms with Gasteiger partial charge in [-0.25, -0.2) is 4.68 Å². The quantitative estimate of drug-likeness (QED) is 0.594. The molecule has 0 atom stereocenters. The molecular weight excluding hydrogens is 214 g/mol. The summed E-state index contributed by atoms with van der Waals surface area (Å²) in [5.74, 6) is 0. The first-order valence-corrected chi connectivity index (χ1v) is 5.33. The van der Waals surface area contributed by atoms with Gasteiger partial charge in [-0.15, -0.1) is 11.7 Å². The molecule has 2 rings (SSSR count). The van der Waals surface area contributed by atoms with Crippen molar-refractivity contribution in [1.82, 2.24) is 15.0 Å². The van der Waals surface area contributed by atoms with Gasteiger partial charge in [0.05, 0.1) is 12.2 Å². The van der Waals surface area contributed by atoms with Crippen LogP contribution in [-0.4, -0.2) is 21.3 Å². The summed E-state index contributed by atoms with van der Waals surface area (Å²) in [5.41, 5.74) is 3.20. The van der Waals surface area contributed by atoms with Crippen molar-refractivity contribution in [2.24, 2.45) is 0 Å². The maximum Gasteiger partial charge on any atom is 0.172 e. The third-order valence-corrected chi connectivity index (χ3v) is 2.50. The molecule has 86 valence electrons. The van der Waals surface area contributed by atoms with E-state index in [-0.39, 0.29) is 0 Å². The van der Waals surface area contributed by atoms with E-state index in [1.54, 1.807) is 10.8 Å². The van der Waals surface area contributed by atoms with E-state index < -0.39 is 0 Å². The Bertz CT molecular complexity index is 540. The van der Waals surface area contributed by atoms with Crippen LogP contribution in [0.3, 0.4) is 0 Å². The second kappa shape index (κ2) is 4.74. The maximum atomic E-state index is 10.9. The van der Waals surface area contributed by atoms with Gasteiger partial charge in [-0.2, -0.15) is 0 Å². The van der Waals surface area contributed by atoms with Crippen molar-refractivity contribution < 1.29 is 4.79 Å². The fraction of sp³-hybridized carbons (Fsp3) is 0.154. The fourth-order valence-corrected chi connectivity index (χ4v) is 1.66. The summed E-state index contributed by atoms with van der Waals surface area (Å²) in [6.07, 6.45) is 2.45. The number of aryl methyl sites for hydroxylation is 1. The molecule has 0 fully saturated rings. The molecule has 0 bridgehead atoms. The van der Waals surface area contributed by atoms with Crippen molar-refractivity contribution in [3.05, 3.63) is 48.2 Å². The van der Waals surface area contributed by atoms with Gasteiger partial charge in [-0.3, -0.25) is 4.79 Å². The van der Waals surface area contributed by atoms with Crippen LogP contribution in [0.2, 0.25) is 0 Å². The molecule has 2 aromatic rings. The van der Waals surface area contributed by atoms with Crippen LogP contribution >= 0.6 is 0 Å². The molecule has 0 saturated carbocycles. The molecule has 0 saturated heterocycles. The third-order valence-electron chi connectivity index (χ3n) is 2.50. The predicted molar refractivity (Wildman–Crippen MR) is 65.8 cm³/mol. The molecule has 0 aliphatic heterocycles. The van der Waals surface area contributed by atoms with E-state index in [2.05, 4.69) is 16.9 Å². The van der Waals surface area contributed by atoms with Crippen LogP contribution in [0.5, 0.6) is 0 Å². The molecule has 0 unspecified atom stereocenters. The number of hydrogen-bond donors (Lipinski definition) is 0. The number of rotatable bonds is 4. The molecule has 1 aromatic heterocycles. The van der Waals surface area contributed by atoms with Gasteiger partial charge >= 0.3 is 0 Å². The van der Waals surface area contributed by atoms with Crippen molar-refractivity contribution >= 4 is 6.29 Å². The summed E-state index contributed by atoms with van der Waals surface area (Å²) in [5, 5.41) is 7.79. The monoisotopic (exact) mass is 227 g/mol. The van der Waals surface area contributed by atoms with E-state index in [9.17, 15) is 4.79 Å². The topological polar surface area (TPSA) is 47.8 Å². The third kappa shape index (κ3) is 2.15. The van der Waals surface area contributed by atoms with Crippen LogP contribution in [0.15, 0.2) is 36.9 Å². The van der Waals surface area contributed by atoms with E-state index in [0.29, 0.717) is 12.2 Å². The van der Waals surface area contributed by atoms with E-state index >= 15 is 0 Å². The minimum atomic E-state index is 0.357. The maximum absolute atomic E-state index is 10.9. The number of allylic oxidation sites excluding steroid dienone is 1. The first kappa shape index (κ1) is 11.3. The van der Waals surface area contributed by atoms with Gasteiger partial charge in [-0.1, -0.05) is 41.1 Å². The van der Waals surface area contributed by atoms with Crippen molar-refractivity contribution in [3.63, 3.8) is 0 Å². The van der Waals surface area contributed by atoms with Crippen molar-refractivity contribution in [2.75, 3.05) is 0 Å². The SMILES string of the molecule is C=CCn1nnc(C=O)c1-c1ccc(C)cc1. The highest BCUT2D eigenvalue weighted by atomic mass is 16.1. The number of aldehydes is 1. The Morgan fingerprint density at radius 1 is 1.35 bits per heavy atom. The molecule has 0 N–H and O–H groups in total. The van der Waals surface area contributed by atoms with Crippen LogP contribution < -0.4 is 0 Å². The van der Waals surface area contributed by atoms with Gasteiger partial charge in [0.2, 0.25) is 0 Å². The van der Waals surface area contributed by atoms with Gasteiger partial charge in [0.25, 0.3) is 0 Å². The van der Waals surface area contributed by atoms with Crippen LogP contribution in [0.1, 0.15) is 16.1 Å². The first-order chi connectivity index (χ1) is 8.26. The summed E-state index contributed by atoms with van der Waals surface area (Å²) in [4.78, 5) is 10.9. The largest absolute Gasteiger partial charge is 0.296 e. The second-order valence-corrected chi connectivity index (χ2v) is 3.78. The van der Waals surface area contributed by atoms with Gasteiger partial charge in [0.15, 0.2) is 12.0 Å². The Morgan fingerprint density at radius 3 is 2.65 bits per heavy atom. The van der Waals surface area contributed by atoms with Crippen LogP contribution in [0.4, 0.5) is 0 Å². The van der Waals surface area contributed by atoms with Crippen LogP contribution in [0, 0.1) is 6.92 Å². The first-order valence-electron chi connectivity index (χ1n) is 5.33. The molecule has 4 heteroatoms. The average Bonchev–Trinajstić information content (AvgIpc) is 2.74. The Morgan fingerprint density at radius 2 is 2.06 bits per heavy atom. The molecule has 1 aromatic carbocycles. The normalized spacial score (nSPS) is 10.2. The van der Waals surface area contributed by atoms with Crippen LogP contribution in [0.25, 0.3) is 11.3 Å². The standard InChI is InChI=1S/C13H13N3O/c1-3-8-16-13(12(9-17)14-15-16)11-6-4-10(2)5-7-11/h3-7,9H,1,8H2,2H3. The Balaban J connectivity index is 2.55. The summed E-state index contributed by atoms with van der Waals surface area (Å²) in [6.45, 7) is 6.21. The number of nitrogens with zero attached hydrogens (tertiary/aromatic N) is 3. The summed E-state index contributed by atoms with van der Waals surface area (Å²) >= 11 is 0. The van der Waals surface area contributed by atoms with Gasteiger partial charge in [0, 0.05) is 5.56 Å². The number of aromatic nitrogens is 3. The minimum Gasteiger partial charge on any atom is -0.296 e. The fourth-order valence-electron chi connectivity index (χ4n) is 1.66. The minimum absolute atomic E-state index is 0.357. The van der Waals surface area contributed by atoms with E-state index in [1.165, 1.54) is 5.56 Å². The van der Waals surface area contributed by atoms with Crippen molar-refractivity contribution in [1.29, 1.82) is 0 Å². The zero-order valence-electron chi connectivity index (χ0n) is 9.63. The lowest BCUT2D eigenvalue weighted by Gasteiger charge is -2.04. The lowest BCUT2D eigenvalue weighted by Crippen LogP contribution is -2.00. The van der Waals surface area contributed by atoms with Crippen LogP contribution in [-0.2, 0) is 6.54 Å². The molecule has 0 radical (unpaired) electrons. The summed E-state index contributed by atoms with van der Waals surface area (Å²) in [7, 11) is 0. The Kier molecular flexibility index (Phi) is 3.14. The highest BCUT2D eigenvalue weighted by molar-refractivity contribution is 5.83. The van der Waals surface area contributed by atoms with E-state index in [4.69, 9.17) is 0 Å². The molecule has 0 aliphatic rings. The van der Waals surface area contributed by atoms with Crippen molar-refractivity contribution in [3.8, 4) is 11.3 Å². The van der Waals surface area contributed by atoms with Crippen molar-refractivity contribution in [2.45, 2.75) is 13.5 Å². The number of carbonyl (C=O) groups excluding carboxylic acids is 1. The number of hydrogen-bond acceptors (Lipinski definition) is 3. The zero-order chi connectivity index (χ0) is 12.3. The average molecular weight is 227 g/mol. The molecule has 0 amide bonds. The highest BCUT2D eigenvalue weighted by Gasteiger charge is 2.13. The molecule has 17 heavy (non-hydrogen) atoms. The van der Waals surface area contributed by atoms with Gasteiger partial charge in [-0.05, 0) is 6.92 Å². The van der Waals surface area contributed by atoms with Gasteiger partial charge < -0.3 is 0 Å².